The molecule has 0 radical (unpaired) electrons. The molecular formula is C11H13NO4. The average Bonchev–Trinajstić information content (AvgIpc) is 2.80. The van der Waals surface area contributed by atoms with Gasteiger partial charge < -0.3 is 13.9 Å². The van der Waals surface area contributed by atoms with Crippen molar-refractivity contribution in [2.24, 2.45) is 0 Å². The summed E-state index contributed by atoms with van der Waals surface area (Å²) in [4.78, 5) is 15.4. The Morgan fingerprint density at radius 1 is 1.62 bits per heavy atom. The molecule has 0 saturated heterocycles. The summed E-state index contributed by atoms with van der Waals surface area (Å²) in [6.45, 7) is 3.29. The molecule has 86 valence electrons. The van der Waals surface area contributed by atoms with Crippen LogP contribution in [0.3, 0.4) is 0 Å². The van der Waals surface area contributed by atoms with Gasteiger partial charge in [-0.2, -0.15) is 0 Å². The first kappa shape index (κ1) is 10.9. The smallest absolute Gasteiger partial charge is 0.375 e. The maximum Gasteiger partial charge on any atom is 0.375 e. The van der Waals surface area contributed by atoms with Gasteiger partial charge in [-0.15, -0.1) is 0 Å². The fourth-order valence-corrected chi connectivity index (χ4v) is 1.44. The van der Waals surface area contributed by atoms with E-state index in [0.717, 1.165) is 12.0 Å². The van der Waals surface area contributed by atoms with E-state index in [-0.39, 0.29) is 5.76 Å². The normalized spacial score (nSPS) is 15.7. The number of hydrogen-bond donors (Lipinski definition) is 0. The Bertz CT molecular complexity index is 408. The molecule has 2 heterocycles. The molecule has 0 unspecified atom stereocenters. The van der Waals surface area contributed by atoms with Crippen LogP contribution < -0.4 is 0 Å². The first-order valence-corrected chi connectivity index (χ1v) is 5.21. The van der Waals surface area contributed by atoms with E-state index in [0.29, 0.717) is 25.7 Å². The van der Waals surface area contributed by atoms with Crippen molar-refractivity contribution in [2.45, 2.75) is 13.3 Å². The van der Waals surface area contributed by atoms with Crippen LogP contribution in [-0.2, 0) is 9.47 Å². The van der Waals surface area contributed by atoms with Gasteiger partial charge in [0.1, 0.15) is 0 Å². The predicted octanol–water partition coefficient (Wildman–Crippen LogP) is 1.66. The predicted molar refractivity (Wildman–Crippen MR) is 55.9 cm³/mol. The zero-order chi connectivity index (χ0) is 11.4. The van der Waals surface area contributed by atoms with E-state index < -0.39 is 5.97 Å². The molecule has 5 heteroatoms. The minimum atomic E-state index is -0.478. The molecule has 0 atom stereocenters. The van der Waals surface area contributed by atoms with Crippen molar-refractivity contribution in [2.75, 3.05) is 19.8 Å². The van der Waals surface area contributed by atoms with Gasteiger partial charge >= 0.3 is 5.97 Å². The van der Waals surface area contributed by atoms with Crippen LogP contribution in [0.25, 0.3) is 5.57 Å². The second kappa shape index (κ2) is 4.94. The van der Waals surface area contributed by atoms with E-state index in [2.05, 4.69) is 4.98 Å². The van der Waals surface area contributed by atoms with Crippen molar-refractivity contribution < 1.29 is 18.7 Å². The van der Waals surface area contributed by atoms with Crippen LogP contribution in [0.15, 0.2) is 16.7 Å². The lowest BCUT2D eigenvalue weighted by Crippen LogP contribution is -2.04. The molecule has 1 aromatic heterocycles. The lowest BCUT2D eigenvalue weighted by atomic mass is 10.1. The van der Waals surface area contributed by atoms with Crippen molar-refractivity contribution in [1.29, 1.82) is 0 Å². The molecule has 1 aliphatic heterocycles. The maximum absolute atomic E-state index is 11.3. The highest BCUT2D eigenvalue weighted by molar-refractivity contribution is 5.86. The summed E-state index contributed by atoms with van der Waals surface area (Å²) in [5.74, 6) is 0.143. The number of carbonyl (C=O) groups is 1. The van der Waals surface area contributed by atoms with Crippen molar-refractivity contribution >= 4 is 11.5 Å². The highest BCUT2D eigenvalue weighted by Crippen LogP contribution is 2.21. The number of nitrogens with zero attached hydrogens (tertiary/aromatic N) is 1. The first-order valence-electron chi connectivity index (χ1n) is 5.21. The molecular weight excluding hydrogens is 210 g/mol. The van der Waals surface area contributed by atoms with Gasteiger partial charge in [-0.1, -0.05) is 6.08 Å². The topological polar surface area (TPSA) is 61.6 Å². The molecule has 0 bridgehead atoms. The van der Waals surface area contributed by atoms with Gasteiger partial charge in [0.15, 0.2) is 0 Å². The van der Waals surface area contributed by atoms with Crippen molar-refractivity contribution in [3.8, 4) is 0 Å². The molecule has 0 fully saturated rings. The summed E-state index contributed by atoms with van der Waals surface area (Å²) in [6, 6.07) is 0. The van der Waals surface area contributed by atoms with Crippen LogP contribution in [0, 0.1) is 0 Å². The molecule has 2 rings (SSSR count). The Morgan fingerprint density at radius 3 is 3.19 bits per heavy atom. The molecule has 1 aromatic rings. The van der Waals surface area contributed by atoms with E-state index in [1.54, 1.807) is 6.92 Å². The SMILES string of the molecule is CCOC(=O)c1cnc(C2=CCOCC2)o1. The minimum absolute atomic E-state index is 0.143. The number of hydrogen-bond acceptors (Lipinski definition) is 5. The quantitative estimate of drug-likeness (QED) is 0.729. The van der Waals surface area contributed by atoms with E-state index in [1.165, 1.54) is 6.20 Å². The monoisotopic (exact) mass is 223 g/mol. The molecule has 1 aliphatic rings. The van der Waals surface area contributed by atoms with Crippen LogP contribution in [0.1, 0.15) is 29.8 Å². The molecule has 0 saturated carbocycles. The van der Waals surface area contributed by atoms with Gasteiger partial charge in [-0.05, 0) is 6.92 Å². The van der Waals surface area contributed by atoms with Gasteiger partial charge in [0, 0.05) is 12.0 Å². The van der Waals surface area contributed by atoms with Gasteiger partial charge in [-0.3, -0.25) is 0 Å². The highest BCUT2D eigenvalue weighted by atomic mass is 16.5. The third-order valence-electron chi connectivity index (χ3n) is 2.22. The molecule has 0 N–H and O–H groups in total. The fourth-order valence-electron chi connectivity index (χ4n) is 1.44. The number of carbonyl (C=O) groups excluding carboxylic acids is 1. The fraction of sp³-hybridized carbons (Fsp3) is 0.455. The number of ether oxygens (including phenoxy) is 2. The third kappa shape index (κ3) is 2.30. The Kier molecular flexibility index (Phi) is 3.36. The van der Waals surface area contributed by atoms with Crippen molar-refractivity contribution in [1.82, 2.24) is 4.98 Å². The number of aromatic nitrogens is 1. The van der Waals surface area contributed by atoms with Crippen LogP contribution in [0.2, 0.25) is 0 Å². The molecule has 0 spiro atoms. The second-order valence-electron chi connectivity index (χ2n) is 3.30. The zero-order valence-electron chi connectivity index (χ0n) is 9.06. The van der Waals surface area contributed by atoms with E-state index in [9.17, 15) is 4.79 Å². The molecule has 0 amide bonds. The van der Waals surface area contributed by atoms with Crippen LogP contribution in [-0.4, -0.2) is 30.8 Å². The molecule has 5 nitrogen and oxygen atoms in total. The van der Waals surface area contributed by atoms with Crippen molar-refractivity contribution in [3.63, 3.8) is 0 Å². The summed E-state index contributed by atoms with van der Waals surface area (Å²) >= 11 is 0. The maximum atomic E-state index is 11.3. The number of esters is 1. The Balaban J connectivity index is 2.12. The summed E-state index contributed by atoms with van der Waals surface area (Å²) < 4.78 is 15.3. The van der Waals surface area contributed by atoms with Crippen LogP contribution in [0.5, 0.6) is 0 Å². The highest BCUT2D eigenvalue weighted by Gasteiger charge is 2.16. The Morgan fingerprint density at radius 2 is 2.50 bits per heavy atom. The Labute approximate surface area is 93.1 Å². The standard InChI is InChI=1S/C11H13NO4/c1-2-15-11(13)9-7-12-10(16-9)8-3-5-14-6-4-8/h3,7H,2,4-6H2,1H3. The van der Waals surface area contributed by atoms with Gasteiger partial charge in [-0.25, -0.2) is 9.78 Å². The van der Waals surface area contributed by atoms with Crippen molar-refractivity contribution in [3.05, 3.63) is 23.9 Å². The van der Waals surface area contributed by atoms with Crippen LogP contribution >= 0.6 is 0 Å². The van der Waals surface area contributed by atoms with Gasteiger partial charge in [0.25, 0.3) is 0 Å². The first-order chi connectivity index (χ1) is 7.81. The van der Waals surface area contributed by atoms with Gasteiger partial charge in [0.05, 0.1) is 26.0 Å². The largest absolute Gasteiger partial charge is 0.460 e. The second-order valence-corrected chi connectivity index (χ2v) is 3.30. The van der Waals surface area contributed by atoms with E-state index in [4.69, 9.17) is 13.9 Å². The van der Waals surface area contributed by atoms with Crippen LogP contribution in [0.4, 0.5) is 0 Å². The molecule has 0 aromatic carbocycles. The van der Waals surface area contributed by atoms with Gasteiger partial charge in [0.2, 0.25) is 11.7 Å². The molecule has 16 heavy (non-hydrogen) atoms. The number of oxazole rings is 1. The summed E-state index contributed by atoms with van der Waals surface area (Å²) in [5, 5.41) is 0. The lowest BCUT2D eigenvalue weighted by molar-refractivity contribution is 0.0489. The summed E-state index contributed by atoms with van der Waals surface area (Å²) in [7, 11) is 0. The number of rotatable bonds is 3. The minimum Gasteiger partial charge on any atom is -0.460 e. The molecule has 0 aliphatic carbocycles. The zero-order valence-corrected chi connectivity index (χ0v) is 9.06. The third-order valence-corrected chi connectivity index (χ3v) is 2.22. The summed E-state index contributed by atoms with van der Waals surface area (Å²) in [5.41, 5.74) is 0.974. The lowest BCUT2D eigenvalue weighted by Gasteiger charge is -2.09. The van der Waals surface area contributed by atoms with E-state index in [1.807, 2.05) is 6.08 Å². The van der Waals surface area contributed by atoms with E-state index >= 15 is 0 Å². The summed E-state index contributed by atoms with van der Waals surface area (Å²) in [6.07, 6.45) is 4.05. The Hall–Kier alpha value is -1.62. The average molecular weight is 223 g/mol.